The first kappa shape index (κ1) is 23.1. The molecule has 2 N–H and O–H groups in total. The Labute approximate surface area is 173 Å². The van der Waals surface area contributed by atoms with Crippen molar-refractivity contribution in [2.24, 2.45) is 4.99 Å². The van der Waals surface area contributed by atoms with Gasteiger partial charge in [0, 0.05) is 20.1 Å². The number of nitrogens with one attached hydrogen (secondary N) is 2. The van der Waals surface area contributed by atoms with Crippen molar-refractivity contribution in [2.75, 3.05) is 32.1 Å². The van der Waals surface area contributed by atoms with Crippen molar-refractivity contribution in [3.63, 3.8) is 0 Å². The minimum absolute atomic E-state index is 0.325. The van der Waals surface area contributed by atoms with E-state index in [2.05, 4.69) is 15.6 Å². The highest BCUT2D eigenvalue weighted by atomic mass is 19.2. The fraction of sp³-hybridized carbons (Fsp3) is 0.333. The molecule has 0 fully saturated rings. The Morgan fingerprint density at radius 3 is 2.40 bits per heavy atom. The average Bonchev–Trinajstić information content (AvgIpc) is 2.73. The van der Waals surface area contributed by atoms with Crippen LogP contribution in [-0.2, 0) is 11.3 Å². The quantitative estimate of drug-likeness (QED) is 0.388. The van der Waals surface area contributed by atoms with Crippen LogP contribution in [-0.4, -0.2) is 43.5 Å². The molecule has 2 rings (SSSR count). The lowest BCUT2D eigenvalue weighted by Crippen LogP contribution is -2.39. The summed E-state index contributed by atoms with van der Waals surface area (Å²) < 4.78 is 45.4. The molecule has 9 heteroatoms. The second kappa shape index (κ2) is 11.1. The molecule has 0 saturated heterocycles. The summed E-state index contributed by atoms with van der Waals surface area (Å²) in [5, 5.41) is 5.26. The first-order chi connectivity index (χ1) is 14.3. The number of rotatable bonds is 8. The molecule has 0 unspecified atom stereocenters. The van der Waals surface area contributed by atoms with Gasteiger partial charge in [0.15, 0.2) is 23.4 Å². The first-order valence-electron chi connectivity index (χ1n) is 9.50. The van der Waals surface area contributed by atoms with Gasteiger partial charge in [-0.3, -0.25) is 4.79 Å². The number of hydrogen-bond donors (Lipinski definition) is 2. The monoisotopic (exact) mass is 422 g/mol. The Balaban J connectivity index is 2.01. The van der Waals surface area contributed by atoms with Crippen LogP contribution in [0.5, 0.6) is 5.75 Å². The van der Waals surface area contributed by atoms with Gasteiger partial charge in [0.2, 0.25) is 5.91 Å². The minimum Gasteiger partial charge on any atom is -0.494 e. The van der Waals surface area contributed by atoms with Gasteiger partial charge >= 0.3 is 0 Å². The number of anilines is 1. The van der Waals surface area contributed by atoms with Crippen molar-refractivity contribution < 1.29 is 22.7 Å². The van der Waals surface area contributed by atoms with Crippen molar-refractivity contribution >= 4 is 17.6 Å². The number of carbonyl (C=O) groups is 1. The van der Waals surface area contributed by atoms with Crippen LogP contribution in [0.15, 0.2) is 41.4 Å². The molecule has 0 aliphatic heterocycles. The maximum Gasteiger partial charge on any atom is 0.246 e. The molecule has 0 aliphatic rings. The zero-order valence-corrected chi connectivity index (χ0v) is 17.1. The highest BCUT2D eigenvalue weighted by Gasteiger charge is 2.15. The van der Waals surface area contributed by atoms with Crippen LogP contribution in [0.4, 0.5) is 18.9 Å². The zero-order valence-electron chi connectivity index (χ0n) is 17.1. The third-order valence-corrected chi connectivity index (χ3v) is 4.03. The molecule has 1 amide bonds. The van der Waals surface area contributed by atoms with Gasteiger partial charge in [-0.1, -0.05) is 12.1 Å². The number of aliphatic imine (C=N–C) groups is 1. The number of benzene rings is 2. The van der Waals surface area contributed by atoms with E-state index >= 15 is 0 Å². The topological polar surface area (TPSA) is 66.0 Å². The summed E-state index contributed by atoms with van der Waals surface area (Å²) in [5.41, 5.74) is 0.571. The molecule has 162 valence electrons. The molecule has 6 nitrogen and oxygen atoms in total. The lowest BCUT2D eigenvalue weighted by molar-refractivity contribution is -0.114. The molecule has 2 aromatic rings. The summed E-state index contributed by atoms with van der Waals surface area (Å²) in [6, 6.07) is 9.32. The number of guanidine groups is 1. The average molecular weight is 422 g/mol. The van der Waals surface area contributed by atoms with Crippen LogP contribution in [0.2, 0.25) is 0 Å². The molecule has 0 saturated carbocycles. The molecule has 0 radical (unpaired) electrons. The summed E-state index contributed by atoms with van der Waals surface area (Å²) in [5.74, 6) is -3.83. The lowest BCUT2D eigenvalue weighted by Gasteiger charge is -2.22. The predicted molar refractivity (Wildman–Crippen MR) is 110 cm³/mol. The smallest absolute Gasteiger partial charge is 0.246 e. The normalized spacial score (nSPS) is 11.2. The van der Waals surface area contributed by atoms with Crippen LogP contribution < -0.4 is 15.4 Å². The number of hydrogen-bond acceptors (Lipinski definition) is 3. The second-order valence-electron chi connectivity index (χ2n) is 6.37. The third-order valence-electron chi connectivity index (χ3n) is 4.03. The van der Waals surface area contributed by atoms with Gasteiger partial charge in [0.1, 0.15) is 12.3 Å². The van der Waals surface area contributed by atoms with E-state index in [1.165, 1.54) is 0 Å². The van der Waals surface area contributed by atoms with Crippen molar-refractivity contribution in [3.05, 3.63) is 59.4 Å². The largest absolute Gasteiger partial charge is 0.494 e. The van der Waals surface area contributed by atoms with E-state index < -0.39 is 29.0 Å². The number of nitrogens with zero attached hydrogens (tertiary/aromatic N) is 2. The van der Waals surface area contributed by atoms with Crippen LogP contribution in [0.3, 0.4) is 0 Å². The van der Waals surface area contributed by atoms with Gasteiger partial charge in [-0.2, -0.15) is 0 Å². The van der Waals surface area contributed by atoms with E-state index in [4.69, 9.17) is 4.74 Å². The molecule has 0 spiro atoms. The minimum atomic E-state index is -1.64. The Morgan fingerprint density at radius 2 is 1.77 bits per heavy atom. The van der Waals surface area contributed by atoms with Crippen molar-refractivity contribution in [3.8, 4) is 5.75 Å². The summed E-state index contributed by atoms with van der Waals surface area (Å²) in [6.45, 7) is 5.17. The Hall–Kier alpha value is -3.23. The van der Waals surface area contributed by atoms with Gasteiger partial charge in [-0.05, 0) is 43.7 Å². The van der Waals surface area contributed by atoms with Crippen molar-refractivity contribution in [1.29, 1.82) is 0 Å². The number of ether oxygens (including phenoxy) is 1. The molecular weight excluding hydrogens is 397 g/mol. The Morgan fingerprint density at radius 1 is 1.07 bits per heavy atom. The van der Waals surface area contributed by atoms with Gasteiger partial charge in [-0.25, -0.2) is 18.2 Å². The van der Waals surface area contributed by atoms with E-state index in [9.17, 15) is 18.0 Å². The van der Waals surface area contributed by atoms with Crippen LogP contribution >= 0.6 is 0 Å². The van der Waals surface area contributed by atoms with E-state index in [-0.39, 0.29) is 6.54 Å². The molecule has 0 bridgehead atoms. The van der Waals surface area contributed by atoms with Gasteiger partial charge in [0.05, 0.1) is 12.3 Å². The maximum atomic E-state index is 13.7. The summed E-state index contributed by atoms with van der Waals surface area (Å²) in [6.07, 6.45) is 0. The van der Waals surface area contributed by atoms with Crippen LogP contribution in [0, 0.1) is 17.5 Å². The number of amides is 1. The standard InChI is InChI=1S/C21H25F3N4O2/c1-4-25-21(28(3)13-14-6-8-15(9-7-14)30-5-2)26-12-18(29)27-17-11-10-16(22)19(23)20(17)24/h6-11H,4-5,12-13H2,1-3H3,(H,25,26)(H,27,29). The SMILES string of the molecule is CCNC(=NCC(=O)Nc1ccc(F)c(F)c1F)N(C)Cc1ccc(OCC)cc1. The third kappa shape index (κ3) is 6.40. The van der Waals surface area contributed by atoms with Gasteiger partial charge < -0.3 is 20.3 Å². The van der Waals surface area contributed by atoms with Crippen LogP contribution in [0.1, 0.15) is 19.4 Å². The molecule has 0 heterocycles. The highest BCUT2D eigenvalue weighted by Crippen LogP contribution is 2.19. The fourth-order valence-electron chi connectivity index (χ4n) is 2.64. The molecule has 0 aliphatic carbocycles. The van der Waals surface area contributed by atoms with Gasteiger partial charge in [0.25, 0.3) is 0 Å². The Kier molecular flexibility index (Phi) is 8.52. The maximum absolute atomic E-state index is 13.7. The number of carbonyl (C=O) groups excluding carboxylic acids is 1. The van der Waals surface area contributed by atoms with E-state index in [0.717, 1.165) is 23.4 Å². The highest BCUT2D eigenvalue weighted by molar-refractivity contribution is 5.94. The zero-order chi connectivity index (χ0) is 22.1. The van der Waals surface area contributed by atoms with Crippen molar-refractivity contribution in [2.45, 2.75) is 20.4 Å². The molecular formula is C21H25F3N4O2. The molecule has 0 aromatic heterocycles. The molecule has 0 atom stereocenters. The lowest BCUT2D eigenvalue weighted by atomic mass is 10.2. The predicted octanol–water partition coefficient (Wildman–Crippen LogP) is 3.54. The molecule has 30 heavy (non-hydrogen) atoms. The van der Waals surface area contributed by atoms with E-state index in [0.29, 0.717) is 25.7 Å². The first-order valence-corrected chi connectivity index (χ1v) is 9.50. The van der Waals surface area contributed by atoms with E-state index in [1.807, 2.05) is 50.1 Å². The summed E-state index contributed by atoms with van der Waals surface area (Å²) >= 11 is 0. The second-order valence-corrected chi connectivity index (χ2v) is 6.37. The summed E-state index contributed by atoms with van der Waals surface area (Å²) in [7, 11) is 1.81. The summed E-state index contributed by atoms with van der Waals surface area (Å²) in [4.78, 5) is 18.1. The fourth-order valence-corrected chi connectivity index (χ4v) is 2.64. The Bertz CT molecular complexity index is 889. The van der Waals surface area contributed by atoms with E-state index in [1.54, 1.807) is 0 Å². The molecule has 2 aromatic carbocycles. The van der Waals surface area contributed by atoms with Crippen LogP contribution in [0.25, 0.3) is 0 Å². The van der Waals surface area contributed by atoms with Gasteiger partial charge in [-0.15, -0.1) is 0 Å². The number of halogens is 3. The van der Waals surface area contributed by atoms with Crippen molar-refractivity contribution in [1.82, 2.24) is 10.2 Å².